The first kappa shape index (κ1) is 53.8. The molecule has 2 unspecified atom stereocenters. The number of hydrogen-bond acceptors (Lipinski definition) is 19. The third-order valence-corrected chi connectivity index (χ3v) is 18.8. The zero-order valence-electron chi connectivity index (χ0n) is 40.2. The molecule has 0 aromatic rings. The number of hydrogen-bond donors (Lipinski definition) is 13. The maximum Gasteiger partial charge on any atom is 0.187 e. The first-order chi connectivity index (χ1) is 31.3. The molecule has 13 N–H and O–H groups in total. The molecule has 4 aliphatic carbocycles. The largest absolute Gasteiger partial charge is 0.394 e. The fraction of sp³-hybridized carbons (Fsp3) is 0.958. The standard InChI is InChI=1S/C48H82O19/c1-44(2)28-13-17-48(7)29(10-9-24-23(12-16-47(24,48)6)22(18-49)8-11-30(52)45(3,4)61)46(28,5)15-14-31(44)66-43-40(67-42-39(60)36(57)33(54)26(20-51)64-42)37(58)34(55)27(65-43)21-62-41-38(59)35(56)32(53)25(19-50)63-41/h8,23-43,49-61H,9-21H2,1-7H3/b22-8+/t23-,24-,25-,26-,27-,28+,29-,30+,31+,32-,33-,34-,35+,36+,37+,38-,39-,40-,41?,42?,43+,46+,47-,48-/m1/s1. The highest BCUT2D eigenvalue weighted by Gasteiger charge is 2.69. The monoisotopic (exact) mass is 963 g/mol. The number of ether oxygens (including phenoxy) is 6. The van der Waals surface area contributed by atoms with Crippen molar-refractivity contribution in [1.82, 2.24) is 0 Å². The van der Waals surface area contributed by atoms with Crippen LogP contribution in [0.25, 0.3) is 0 Å². The van der Waals surface area contributed by atoms with Crippen molar-refractivity contribution in [1.29, 1.82) is 0 Å². The van der Waals surface area contributed by atoms with Gasteiger partial charge in [-0.1, -0.05) is 40.7 Å². The molecule has 388 valence electrons. The van der Waals surface area contributed by atoms with Crippen LogP contribution in [0.5, 0.6) is 0 Å². The molecule has 0 aromatic carbocycles. The highest BCUT2D eigenvalue weighted by atomic mass is 16.8. The van der Waals surface area contributed by atoms with Crippen molar-refractivity contribution < 1.29 is 94.8 Å². The summed E-state index contributed by atoms with van der Waals surface area (Å²) in [6.07, 6.45) is -16.3. The van der Waals surface area contributed by atoms with E-state index in [1.165, 1.54) is 0 Å². The van der Waals surface area contributed by atoms with Gasteiger partial charge in [0.2, 0.25) is 0 Å². The van der Waals surface area contributed by atoms with Crippen LogP contribution in [-0.2, 0) is 28.4 Å². The number of aliphatic hydroxyl groups excluding tert-OH is 12. The number of aliphatic hydroxyl groups is 13. The first-order valence-electron chi connectivity index (χ1n) is 24.6. The Bertz CT molecular complexity index is 1690. The fourth-order valence-corrected chi connectivity index (χ4v) is 14.5. The Morgan fingerprint density at radius 2 is 1.19 bits per heavy atom. The molecule has 7 rings (SSSR count). The Kier molecular flexibility index (Phi) is 16.1. The summed E-state index contributed by atoms with van der Waals surface area (Å²) in [5, 5.41) is 138. The van der Waals surface area contributed by atoms with E-state index in [4.69, 9.17) is 28.4 Å². The lowest BCUT2D eigenvalue weighted by molar-refractivity contribution is -0.382. The van der Waals surface area contributed by atoms with Crippen molar-refractivity contribution in [2.24, 2.45) is 45.3 Å². The van der Waals surface area contributed by atoms with Gasteiger partial charge < -0.3 is 94.8 Å². The molecule has 3 saturated heterocycles. The lowest BCUT2D eigenvalue weighted by Gasteiger charge is -2.70. The molecule has 0 spiro atoms. The van der Waals surface area contributed by atoms with Gasteiger partial charge in [0.1, 0.15) is 73.2 Å². The van der Waals surface area contributed by atoms with Crippen LogP contribution in [0.1, 0.15) is 106 Å². The van der Waals surface area contributed by atoms with Crippen molar-refractivity contribution in [3.05, 3.63) is 11.6 Å². The second kappa shape index (κ2) is 20.1. The SMILES string of the molecule is CC(C)(O)[C@@H](O)C/C=C(\CO)[C@H]1CC[C@]2(C)[C@@H]1CC[C@@H]1[C@@]3(C)CC[C@H](O[C@@H]4O[C@H](COC5O[C@H](CO)[C@@H](O)[C@H](O)[C@H]5O)[C@@H](O)[C@H](O)[C@H]4OC4O[C@H](CO)[C@@H](O)[C@H](O)[C@H]4O)C(C)(C)[C@@H]3CC[C@]12C. The van der Waals surface area contributed by atoms with E-state index in [0.29, 0.717) is 18.3 Å². The summed E-state index contributed by atoms with van der Waals surface area (Å²) in [7, 11) is 0. The van der Waals surface area contributed by atoms with Crippen LogP contribution in [0.2, 0.25) is 0 Å². The molecule has 0 bridgehead atoms. The molecule has 19 heteroatoms. The van der Waals surface area contributed by atoms with E-state index in [-0.39, 0.29) is 41.1 Å². The van der Waals surface area contributed by atoms with Crippen LogP contribution in [0, 0.1) is 45.3 Å². The summed E-state index contributed by atoms with van der Waals surface area (Å²) < 4.78 is 36.2. The summed E-state index contributed by atoms with van der Waals surface area (Å²) in [6, 6.07) is 0. The van der Waals surface area contributed by atoms with Crippen molar-refractivity contribution in [2.75, 3.05) is 26.4 Å². The summed E-state index contributed by atoms with van der Waals surface area (Å²) in [6.45, 7) is 12.8. The van der Waals surface area contributed by atoms with Crippen molar-refractivity contribution >= 4 is 0 Å². The zero-order valence-corrected chi connectivity index (χ0v) is 40.2. The molecule has 67 heavy (non-hydrogen) atoms. The fourth-order valence-electron chi connectivity index (χ4n) is 14.5. The predicted molar refractivity (Wildman–Crippen MR) is 235 cm³/mol. The highest BCUT2D eigenvalue weighted by molar-refractivity contribution is 5.22. The average Bonchev–Trinajstić information content (AvgIpc) is 3.63. The Hall–Kier alpha value is -1.02. The van der Waals surface area contributed by atoms with Crippen LogP contribution < -0.4 is 0 Å². The molecule has 0 aromatic heterocycles. The molecule has 7 aliphatic rings. The van der Waals surface area contributed by atoms with Crippen LogP contribution in [0.15, 0.2) is 11.6 Å². The summed E-state index contributed by atoms with van der Waals surface area (Å²) >= 11 is 0. The minimum Gasteiger partial charge on any atom is -0.394 e. The minimum absolute atomic E-state index is 0.0102. The molecule has 24 atom stereocenters. The van der Waals surface area contributed by atoms with E-state index in [1.807, 2.05) is 6.08 Å². The van der Waals surface area contributed by atoms with Gasteiger partial charge in [0.25, 0.3) is 0 Å². The molecule has 3 heterocycles. The quantitative estimate of drug-likeness (QED) is 0.0730. The van der Waals surface area contributed by atoms with Crippen molar-refractivity contribution in [2.45, 2.75) is 216 Å². The second-order valence-corrected chi connectivity index (χ2v) is 23.0. The van der Waals surface area contributed by atoms with Gasteiger partial charge in [-0.15, -0.1) is 0 Å². The third kappa shape index (κ3) is 9.47. The highest BCUT2D eigenvalue weighted by Crippen LogP contribution is 2.75. The Morgan fingerprint density at radius 1 is 0.627 bits per heavy atom. The lowest BCUT2D eigenvalue weighted by Crippen LogP contribution is -2.67. The topological polar surface area (TPSA) is 318 Å². The number of rotatable bonds is 14. The first-order valence-corrected chi connectivity index (χ1v) is 24.6. The maximum atomic E-state index is 11.8. The van der Waals surface area contributed by atoms with Gasteiger partial charge in [-0.25, -0.2) is 0 Å². The molecular weight excluding hydrogens is 881 g/mol. The minimum atomic E-state index is -1.84. The van der Waals surface area contributed by atoms with Gasteiger partial charge in [0, 0.05) is 0 Å². The Morgan fingerprint density at radius 3 is 1.79 bits per heavy atom. The predicted octanol–water partition coefficient (Wildman–Crippen LogP) is -1.05. The molecular formula is C48H82O19. The van der Waals surface area contributed by atoms with Gasteiger partial charge in [0.15, 0.2) is 18.9 Å². The number of fused-ring (bicyclic) bond motifs is 5. The van der Waals surface area contributed by atoms with Gasteiger partial charge in [-0.05, 0) is 123 Å². The average molecular weight is 963 g/mol. The smallest absolute Gasteiger partial charge is 0.187 e. The summed E-state index contributed by atoms with van der Waals surface area (Å²) in [4.78, 5) is 0. The summed E-state index contributed by atoms with van der Waals surface area (Å²) in [5.41, 5.74) is -0.948. The molecule has 0 amide bonds. The van der Waals surface area contributed by atoms with Crippen molar-refractivity contribution in [3.8, 4) is 0 Å². The normalized spacial score (nSPS) is 50.8. The van der Waals surface area contributed by atoms with E-state index in [9.17, 15) is 66.4 Å². The lowest BCUT2D eigenvalue weighted by atomic mass is 9.35. The van der Waals surface area contributed by atoms with Gasteiger partial charge in [-0.2, -0.15) is 0 Å². The summed E-state index contributed by atoms with van der Waals surface area (Å²) in [5.74, 6) is 1.07. The van der Waals surface area contributed by atoms with E-state index in [1.54, 1.807) is 13.8 Å². The van der Waals surface area contributed by atoms with Gasteiger partial charge in [-0.3, -0.25) is 0 Å². The second-order valence-electron chi connectivity index (χ2n) is 23.0. The van der Waals surface area contributed by atoms with E-state index >= 15 is 0 Å². The Balaban J connectivity index is 1.11. The maximum absolute atomic E-state index is 11.8. The zero-order chi connectivity index (χ0) is 49.3. The van der Waals surface area contributed by atoms with Gasteiger partial charge >= 0.3 is 0 Å². The van der Waals surface area contributed by atoms with Gasteiger partial charge in [0.05, 0.1) is 44.2 Å². The van der Waals surface area contributed by atoms with Crippen LogP contribution in [-0.4, -0.2) is 203 Å². The van der Waals surface area contributed by atoms with E-state index in [0.717, 1.165) is 50.5 Å². The molecule has 0 radical (unpaired) electrons. The van der Waals surface area contributed by atoms with Crippen LogP contribution >= 0.6 is 0 Å². The van der Waals surface area contributed by atoms with E-state index in [2.05, 4.69) is 34.6 Å². The Labute approximate surface area is 393 Å². The van der Waals surface area contributed by atoms with E-state index < -0.39 is 135 Å². The molecule has 3 aliphatic heterocycles. The third-order valence-electron chi connectivity index (χ3n) is 18.8. The molecule has 19 nitrogen and oxygen atoms in total. The van der Waals surface area contributed by atoms with Crippen molar-refractivity contribution in [3.63, 3.8) is 0 Å². The molecule has 4 saturated carbocycles. The van der Waals surface area contributed by atoms with Crippen LogP contribution in [0.3, 0.4) is 0 Å². The molecule has 7 fully saturated rings. The van der Waals surface area contributed by atoms with Crippen LogP contribution in [0.4, 0.5) is 0 Å².